The lowest BCUT2D eigenvalue weighted by molar-refractivity contribution is -0.141. The number of halogens is 1. The topological polar surface area (TPSA) is 84.2 Å². The van der Waals surface area contributed by atoms with E-state index < -0.39 is 0 Å². The fourth-order valence-electron chi connectivity index (χ4n) is 4.70. The van der Waals surface area contributed by atoms with Crippen LogP contribution in [0.5, 0.6) is 0 Å². The monoisotopic (exact) mass is 522 g/mol. The van der Waals surface area contributed by atoms with Crippen LogP contribution in [0.3, 0.4) is 0 Å². The van der Waals surface area contributed by atoms with Gasteiger partial charge in [-0.05, 0) is 30.7 Å². The number of carbonyl (C=O) groups excluding carboxylic acids is 2. The summed E-state index contributed by atoms with van der Waals surface area (Å²) in [6, 6.07) is 15.8. The Morgan fingerprint density at radius 3 is 2.69 bits per heavy atom. The van der Waals surface area contributed by atoms with E-state index in [2.05, 4.69) is 14.8 Å². The van der Waals surface area contributed by atoms with Gasteiger partial charge in [-0.2, -0.15) is 0 Å². The number of hydrogen-bond acceptors (Lipinski definition) is 6. The third kappa shape index (κ3) is 4.90. The molecule has 1 saturated heterocycles. The van der Waals surface area contributed by atoms with E-state index in [9.17, 15) is 9.59 Å². The molecule has 0 radical (unpaired) electrons. The van der Waals surface area contributed by atoms with Gasteiger partial charge in [0.2, 0.25) is 17.0 Å². The molecule has 4 aromatic rings. The summed E-state index contributed by atoms with van der Waals surface area (Å²) in [5.74, 6) is 0.361. The highest BCUT2D eigenvalue weighted by molar-refractivity contribution is 7.99. The summed E-state index contributed by atoms with van der Waals surface area (Å²) in [5.41, 5.74) is 3.53. The van der Waals surface area contributed by atoms with Crippen LogP contribution in [0.25, 0.3) is 22.1 Å². The summed E-state index contributed by atoms with van der Waals surface area (Å²) in [7, 11) is 0. The summed E-state index contributed by atoms with van der Waals surface area (Å²) in [4.78, 5) is 33.5. The van der Waals surface area contributed by atoms with Crippen molar-refractivity contribution < 1.29 is 9.59 Å². The number of rotatable bonds is 6. The number of fused-ring (bicyclic) bond motifs is 3. The van der Waals surface area contributed by atoms with Crippen molar-refractivity contribution in [2.45, 2.75) is 38.0 Å². The molecule has 2 aromatic carbocycles. The lowest BCUT2D eigenvalue weighted by atomic mass is 10.2. The van der Waals surface area contributed by atoms with Crippen LogP contribution < -0.4 is 0 Å². The van der Waals surface area contributed by atoms with Crippen LogP contribution in [0, 0.1) is 0 Å². The Bertz CT molecular complexity index is 1440. The molecule has 1 aliphatic heterocycles. The van der Waals surface area contributed by atoms with Gasteiger partial charge in [0, 0.05) is 49.1 Å². The normalized spacial score (nSPS) is 16.1. The molecule has 10 heteroatoms. The van der Waals surface area contributed by atoms with Gasteiger partial charge in [0.15, 0.2) is 5.65 Å². The second-order valence-corrected chi connectivity index (χ2v) is 10.3. The van der Waals surface area contributed by atoms with Crippen LogP contribution in [0.4, 0.5) is 0 Å². The predicted octanol–water partition coefficient (Wildman–Crippen LogP) is 4.24. The maximum atomic E-state index is 12.9. The second kappa shape index (κ2) is 10.4. The van der Waals surface area contributed by atoms with Crippen molar-refractivity contribution in [3.63, 3.8) is 0 Å². The molecule has 0 bridgehead atoms. The molecule has 3 heterocycles. The van der Waals surface area contributed by atoms with Crippen LogP contribution in [-0.4, -0.2) is 72.8 Å². The molecular weight excluding hydrogens is 496 g/mol. The number of carbonyl (C=O) groups is 2. The molecule has 5 rings (SSSR count). The fourth-order valence-corrected chi connectivity index (χ4v) is 5.60. The van der Waals surface area contributed by atoms with E-state index >= 15 is 0 Å². The molecule has 8 nitrogen and oxygen atoms in total. The van der Waals surface area contributed by atoms with Crippen molar-refractivity contribution in [1.82, 2.24) is 29.5 Å². The number of benzene rings is 2. The first-order chi connectivity index (χ1) is 17.4. The molecule has 1 fully saturated rings. The van der Waals surface area contributed by atoms with Crippen LogP contribution in [-0.2, 0) is 16.1 Å². The highest BCUT2D eigenvalue weighted by Gasteiger charge is 2.29. The number of amides is 2. The SMILES string of the molecule is CCC(=O)N1CCN(C(=O)CSc2nnc3c4ccccc4n(Cc4cccc(Cl)c4)c3n2)CC1C. The van der Waals surface area contributed by atoms with Gasteiger partial charge in [-0.1, -0.05) is 60.6 Å². The highest BCUT2D eigenvalue weighted by atomic mass is 35.5. The summed E-state index contributed by atoms with van der Waals surface area (Å²) in [6.45, 7) is 6.09. The molecule has 1 unspecified atom stereocenters. The Hall–Kier alpha value is -3.17. The average Bonchev–Trinajstić information content (AvgIpc) is 3.19. The molecule has 1 aliphatic rings. The molecule has 2 aromatic heterocycles. The third-order valence-corrected chi connectivity index (χ3v) is 7.57. The van der Waals surface area contributed by atoms with Gasteiger partial charge in [-0.15, -0.1) is 10.2 Å². The lowest BCUT2D eigenvalue weighted by Crippen LogP contribution is -2.55. The van der Waals surface area contributed by atoms with Gasteiger partial charge in [0.05, 0.1) is 11.3 Å². The molecule has 36 heavy (non-hydrogen) atoms. The summed E-state index contributed by atoms with van der Waals surface area (Å²) >= 11 is 7.50. The van der Waals surface area contributed by atoms with Crippen molar-refractivity contribution in [3.8, 4) is 0 Å². The van der Waals surface area contributed by atoms with E-state index in [1.807, 2.05) is 72.2 Å². The Morgan fingerprint density at radius 1 is 1.08 bits per heavy atom. The first kappa shape index (κ1) is 24.5. The molecule has 186 valence electrons. The molecule has 0 aliphatic carbocycles. The second-order valence-electron chi connectivity index (χ2n) is 8.92. The van der Waals surface area contributed by atoms with Crippen LogP contribution in [0.2, 0.25) is 5.02 Å². The molecule has 2 amide bonds. The smallest absolute Gasteiger partial charge is 0.233 e. The number of nitrogens with zero attached hydrogens (tertiary/aromatic N) is 6. The van der Waals surface area contributed by atoms with Crippen LogP contribution in [0.1, 0.15) is 25.8 Å². The van der Waals surface area contributed by atoms with Gasteiger partial charge in [0.1, 0.15) is 5.52 Å². The van der Waals surface area contributed by atoms with Crippen molar-refractivity contribution in [1.29, 1.82) is 0 Å². The minimum absolute atomic E-state index is 0.0108. The van der Waals surface area contributed by atoms with E-state index in [1.165, 1.54) is 11.8 Å². The number of aromatic nitrogens is 4. The maximum absolute atomic E-state index is 12.9. The fraction of sp³-hybridized carbons (Fsp3) is 0.346. The molecule has 0 N–H and O–H groups in total. The summed E-state index contributed by atoms with van der Waals surface area (Å²) in [5, 5.41) is 10.9. The zero-order valence-corrected chi connectivity index (χ0v) is 21.8. The van der Waals surface area contributed by atoms with Gasteiger partial charge >= 0.3 is 0 Å². The molecule has 1 atom stereocenters. The molecular formula is C26H27ClN6O2S. The minimum atomic E-state index is 0.0108. The quantitative estimate of drug-likeness (QED) is 0.352. The van der Waals surface area contributed by atoms with Crippen LogP contribution >= 0.6 is 23.4 Å². The van der Waals surface area contributed by atoms with E-state index in [0.717, 1.165) is 27.6 Å². The van der Waals surface area contributed by atoms with Crippen molar-refractivity contribution in [2.75, 3.05) is 25.4 Å². The van der Waals surface area contributed by atoms with Gasteiger partial charge < -0.3 is 14.4 Å². The zero-order valence-electron chi connectivity index (χ0n) is 20.2. The number of para-hydroxylation sites is 1. The molecule has 0 saturated carbocycles. The zero-order chi connectivity index (χ0) is 25.2. The third-order valence-electron chi connectivity index (χ3n) is 6.51. The number of hydrogen-bond donors (Lipinski definition) is 0. The van der Waals surface area contributed by atoms with E-state index in [-0.39, 0.29) is 23.6 Å². The Labute approximate surface area is 218 Å². The van der Waals surface area contributed by atoms with Crippen molar-refractivity contribution in [2.24, 2.45) is 0 Å². The minimum Gasteiger partial charge on any atom is -0.338 e. The summed E-state index contributed by atoms with van der Waals surface area (Å²) < 4.78 is 2.11. The van der Waals surface area contributed by atoms with Crippen LogP contribution in [0.15, 0.2) is 53.7 Å². The van der Waals surface area contributed by atoms with Gasteiger partial charge in [-0.3, -0.25) is 9.59 Å². The number of thioether (sulfide) groups is 1. The Morgan fingerprint density at radius 2 is 1.92 bits per heavy atom. The molecule has 0 spiro atoms. The average molecular weight is 523 g/mol. The highest BCUT2D eigenvalue weighted by Crippen LogP contribution is 2.28. The van der Waals surface area contributed by atoms with E-state index in [4.69, 9.17) is 16.6 Å². The lowest BCUT2D eigenvalue weighted by Gasteiger charge is -2.39. The predicted molar refractivity (Wildman–Crippen MR) is 142 cm³/mol. The van der Waals surface area contributed by atoms with Crippen molar-refractivity contribution in [3.05, 3.63) is 59.1 Å². The first-order valence-corrected chi connectivity index (χ1v) is 13.4. The standard InChI is InChI=1S/C26H27ClN6O2S/c1-3-22(34)32-12-11-31(14-17(32)2)23(35)16-36-26-28-25-24(29-30-26)20-9-4-5-10-21(20)33(25)15-18-7-6-8-19(27)13-18/h4-10,13,17H,3,11-12,14-16H2,1-2H3. The van der Waals surface area contributed by atoms with E-state index in [1.54, 1.807) is 0 Å². The number of piperazine rings is 1. The van der Waals surface area contributed by atoms with Crippen molar-refractivity contribution >= 4 is 57.2 Å². The first-order valence-electron chi connectivity index (χ1n) is 12.0. The Balaban J connectivity index is 1.35. The van der Waals surface area contributed by atoms with Gasteiger partial charge in [0.25, 0.3) is 0 Å². The largest absolute Gasteiger partial charge is 0.338 e. The van der Waals surface area contributed by atoms with Gasteiger partial charge in [-0.25, -0.2) is 4.98 Å². The summed E-state index contributed by atoms with van der Waals surface area (Å²) in [6.07, 6.45) is 0.481. The Kier molecular flexibility index (Phi) is 7.11. The van der Waals surface area contributed by atoms with E-state index in [0.29, 0.717) is 42.8 Å². The maximum Gasteiger partial charge on any atom is 0.233 e.